The van der Waals surface area contributed by atoms with Gasteiger partial charge in [0.15, 0.2) is 0 Å². The van der Waals surface area contributed by atoms with Crippen molar-refractivity contribution in [2.45, 2.75) is 25.3 Å². The highest BCUT2D eigenvalue weighted by atomic mass is 79.9. The van der Waals surface area contributed by atoms with Gasteiger partial charge in [-0.05, 0) is 37.5 Å². The Bertz CT molecular complexity index is 449. The van der Waals surface area contributed by atoms with Crippen LogP contribution in [0.1, 0.15) is 29.6 Å². The van der Waals surface area contributed by atoms with Crippen molar-refractivity contribution in [1.82, 2.24) is 4.90 Å². The molecule has 1 saturated carbocycles. The predicted octanol–water partition coefficient (Wildman–Crippen LogP) is 3.09. The smallest absolute Gasteiger partial charge is 0.255 e. The van der Waals surface area contributed by atoms with Crippen molar-refractivity contribution >= 4 is 33.4 Å². The average Bonchev–Trinajstić information content (AvgIpc) is 2.28. The third-order valence-electron chi connectivity index (χ3n) is 3.28. The predicted molar refractivity (Wildman–Crippen MR) is 74.9 cm³/mol. The number of hydrogen-bond acceptors (Lipinski definition) is 2. The Morgan fingerprint density at radius 2 is 2.22 bits per heavy atom. The molecule has 1 fully saturated rings. The SMILES string of the molecule is O=C(c1cc(Br)ccc1Cl)N(CCO)C1CCC1. The van der Waals surface area contributed by atoms with Gasteiger partial charge in [-0.15, -0.1) is 0 Å². The summed E-state index contributed by atoms with van der Waals surface area (Å²) in [7, 11) is 0. The second-order valence-corrected chi connectivity index (χ2v) is 5.75. The number of benzene rings is 1. The summed E-state index contributed by atoms with van der Waals surface area (Å²) in [6.07, 6.45) is 3.17. The van der Waals surface area contributed by atoms with Crippen LogP contribution in [0.5, 0.6) is 0 Å². The first-order valence-electron chi connectivity index (χ1n) is 6.00. The fourth-order valence-electron chi connectivity index (χ4n) is 2.07. The Hall–Kier alpha value is -0.580. The van der Waals surface area contributed by atoms with Gasteiger partial charge in [0, 0.05) is 17.1 Å². The fraction of sp³-hybridized carbons (Fsp3) is 0.462. The summed E-state index contributed by atoms with van der Waals surface area (Å²) in [4.78, 5) is 14.2. The van der Waals surface area contributed by atoms with Crippen LogP contribution < -0.4 is 0 Å². The molecule has 3 nitrogen and oxygen atoms in total. The first-order valence-corrected chi connectivity index (χ1v) is 7.17. The van der Waals surface area contributed by atoms with Crippen molar-refractivity contribution in [3.8, 4) is 0 Å². The summed E-state index contributed by atoms with van der Waals surface area (Å²) in [5, 5.41) is 9.54. The van der Waals surface area contributed by atoms with Crippen LogP contribution >= 0.6 is 27.5 Å². The van der Waals surface area contributed by atoms with E-state index in [0.29, 0.717) is 17.1 Å². The molecule has 98 valence electrons. The Morgan fingerprint density at radius 3 is 2.78 bits per heavy atom. The minimum atomic E-state index is -0.0972. The van der Waals surface area contributed by atoms with Gasteiger partial charge in [-0.25, -0.2) is 0 Å². The third kappa shape index (κ3) is 2.87. The third-order valence-corrected chi connectivity index (χ3v) is 4.10. The van der Waals surface area contributed by atoms with Crippen LogP contribution in [0, 0.1) is 0 Å². The maximum atomic E-state index is 12.5. The van der Waals surface area contributed by atoms with Gasteiger partial charge in [0.2, 0.25) is 0 Å². The van der Waals surface area contributed by atoms with Crippen LogP contribution in [-0.4, -0.2) is 35.1 Å². The van der Waals surface area contributed by atoms with E-state index in [1.165, 1.54) is 0 Å². The molecule has 2 rings (SSSR count). The van der Waals surface area contributed by atoms with Crippen LogP contribution in [0.3, 0.4) is 0 Å². The van der Waals surface area contributed by atoms with Gasteiger partial charge in [0.1, 0.15) is 0 Å². The lowest BCUT2D eigenvalue weighted by atomic mass is 9.91. The van der Waals surface area contributed by atoms with Gasteiger partial charge in [-0.3, -0.25) is 4.79 Å². The zero-order chi connectivity index (χ0) is 13.1. The molecule has 1 aliphatic rings. The van der Waals surface area contributed by atoms with Crippen molar-refractivity contribution < 1.29 is 9.90 Å². The molecule has 0 bridgehead atoms. The largest absolute Gasteiger partial charge is 0.395 e. The number of hydrogen-bond donors (Lipinski definition) is 1. The lowest BCUT2D eigenvalue weighted by Gasteiger charge is -2.37. The van der Waals surface area contributed by atoms with Crippen LogP contribution in [0.25, 0.3) is 0 Å². The van der Waals surface area contributed by atoms with Crippen LogP contribution in [-0.2, 0) is 0 Å². The van der Waals surface area contributed by atoms with Gasteiger partial charge < -0.3 is 10.0 Å². The number of aliphatic hydroxyl groups is 1. The molecule has 0 saturated heterocycles. The number of nitrogens with zero attached hydrogens (tertiary/aromatic N) is 1. The molecule has 0 radical (unpaired) electrons. The average molecular weight is 333 g/mol. The normalized spacial score (nSPS) is 15.3. The lowest BCUT2D eigenvalue weighted by Crippen LogP contribution is -2.45. The Kier molecular flexibility index (Phi) is 4.65. The van der Waals surface area contributed by atoms with E-state index < -0.39 is 0 Å². The summed E-state index contributed by atoms with van der Waals surface area (Å²) in [5.41, 5.74) is 0.492. The standard InChI is InChI=1S/C13H15BrClNO2/c14-9-4-5-12(15)11(8-9)13(18)16(6-7-17)10-2-1-3-10/h4-5,8,10,17H,1-3,6-7H2. The number of carbonyl (C=O) groups is 1. The molecule has 1 amide bonds. The lowest BCUT2D eigenvalue weighted by molar-refractivity contribution is 0.0526. The monoisotopic (exact) mass is 331 g/mol. The molecular weight excluding hydrogens is 318 g/mol. The molecule has 1 aliphatic carbocycles. The summed E-state index contributed by atoms with van der Waals surface area (Å²) in [6.45, 7) is 0.347. The summed E-state index contributed by atoms with van der Waals surface area (Å²) in [6, 6.07) is 5.49. The molecule has 0 aliphatic heterocycles. The molecule has 5 heteroatoms. The first-order chi connectivity index (χ1) is 8.63. The number of amides is 1. The van der Waals surface area contributed by atoms with E-state index in [2.05, 4.69) is 15.9 Å². The molecule has 0 atom stereocenters. The molecule has 1 aromatic carbocycles. The van der Waals surface area contributed by atoms with E-state index in [4.69, 9.17) is 16.7 Å². The van der Waals surface area contributed by atoms with E-state index in [9.17, 15) is 4.79 Å². The minimum absolute atomic E-state index is 0.0200. The maximum absolute atomic E-state index is 12.5. The molecule has 18 heavy (non-hydrogen) atoms. The van der Waals surface area contributed by atoms with Gasteiger partial charge >= 0.3 is 0 Å². The zero-order valence-electron chi connectivity index (χ0n) is 9.90. The quantitative estimate of drug-likeness (QED) is 0.920. The van der Waals surface area contributed by atoms with Crippen LogP contribution in [0.15, 0.2) is 22.7 Å². The van der Waals surface area contributed by atoms with Crippen molar-refractivity contribution in [2.75, 3.05) is 13.2 Å². The van der Waals surface area contributed by atoms with Gasteiger partial charge in [-0.1, -0.05) is 27.5 Å². The number of rotatable bonds is 4. The number of halogens is 2. The highest BCUT2D eigenvalue weighted by Gasteiger charge is 2.29. The zero-order valence-corrected chi connectivity index (χ0v) is 12.2. The molecule has 1 N–H and O–H groups in total. The summed E-state index contributed by atoms with van der Waals surface area (Å²) in [5.74, 6) is -0.0972. The van der Waals surface area contributed by atoms with Gasteiger partial charge in [0.25, 0.3) is 5.91 Å². The maximum Gasteiger partial charge on any atom is 0.255 e. The Morgan fingerprint density at radius 1 is 1.50 bits per heavy atom. The topological polar surface area (TPSA) is 40.5 Å². The number of aliphatic hydroxyl groups excluding tert-OH is 1. The van der Waals surface area contributed by atoms with Crippen molar-refractivity contribution in [2.24, 2.45) is 0 Å². The molecule has 0 unspecified atom stereocenters. The second-order valence-electron chi connectivity index (χ2n) is 4.43. The van der Waals surface area contributed by atoms with Crippen LogP contribution in [0.2, 0.25) is 5.02 Å². The second kappa shape index (κ2) is 6.04. The minimum Gasteiger partial charge on any atom is -0.395 e. The summed E-state index contributed by atoms with van der Waals surface area (Å²) < 4.78 is 0.827. The molecule has 0 aromatic heterocycles. The van der Waals surface area contributed by atoms with Crippen molar-refractivity contribution in [1.29, 1.82) is 0 Å². The Balaban J connectivity index is 2.23. The van der Waals surface area contributed by atoms with E-state index in [-0.39, 0.29) is 18.6 Å². The highest BCUT2D eigenvalue weighted by molar-refractivity contribution is 9.10. The number of carbonyl (C=O) groups excluding carboxylic acids is 1. The van der Waals surface area contributed by atoms with E-state index in [0.717, 1.165) is 23.7 Å². The molecule has 1 aromatic rings. The van der Waals surface area contributed by atoms with Crippen molar-refractivity contribution in [3.05, 3.63) is 33.3 Å². The molecular formula is C13H15BrClNO2. The Labute approximate surface area is 120 Å². The van der Waals surface area contributed by atoms with Crippen molar-refractivity contribution in [3.63, 3.8) is 0 Å². The van der Waals surface area contributed by atoms with E-state index in [1.54, 1.807) is 23.1 Å². The fourth-order valence-corrected chi connectivity index (χ4v) is 2.63. The first kappa shape index (κ1) is 13.8. The van der Waals surface area contributed by atoms with Crippen LogP contribution in [0.4, 0.5) is 0 Å². The van der Waals surface area contributed by atoms with E-state index >= 15 is 0 Å². The molecule has 0 spiro atoms. The summed E-state index contributed by atoms with van der Waals surface area (Å²) >= 11 is 9.41. The highest BCUT2D eigenvalue weighted by Crippen LogP contribution is 2.28. The van der Waals surface area contributed by atoms with Gasteiger partial charge in [0.05, 0.1) is 17.2 Å². The van der Waals surface area contributed by atoms with E-state index in [1.807, 2.05) is 0 Å². The van der Waals surface area contributed by atoms with Gasteiger partial charge in [-0.2, -0.15) is 0 Å². The molecule has 0 heterocycles.